The molecule has 0 unspecified atom stereocenters. The molecule has 2 aliphatic rings. The first-order chi connectivity index (χ1) is 12.3. The normalized spacial score (nSPS) is 19.5. The van der Waals surface area contributed by atoms with Crippen molar-refractivity contribution in [3.63, 3.8) is 0 Å². The highest BCUT2D eigenvalue weighted by Crippen LogP contribution is 2.25. The van der Waals surface area contributed by atoms with Crippen LogP contribution in [-0.4, -0.2) is 34.3 Å². The minimum Gasteiger partial charge on any atom is -0.382 e. The third kappa shape index (κ3) is 4.18. The molecule has 3 N–H and O–H groups in total. The number of H-pyrrole nitrogens is 1. The summed E-state index contributed by atoms with van der Waals surface area (Å²) in [5.41, 5.74) is 1.85. The molecule has 2 fully saturated rings. The van der Waals surface area contributed by atoms with E-state index in [0.29, 0.717) is 16.7 Å². The Balaban J connectivity index is 1.50. The second kappa shape index (κ2) is 7.79. The SMILES string of the molecule is O=c1[nH]c(CSC2CCNCC2)nc2cc(NC3CCCC3)ccc12. The zero-order valence-electron chi connectivity index (χ0n) is 14.5. The molecule has 0 atom stereocenters. The maximum Gasteiger partial charge on any atom is 0.258 e. The van der Waals surface area contributed by atoms with Gasteiger partial charge < -0.3 is 15.6 Å². The predicted molar refractivity (Wildman–Crippen MR) is 105 cm³/mol. The van der Waals surface area contributed by atoms with Gasteiger partial charge in [-0.2, -0.15) is 11.8 Å². The van der Waals surface area contributed by atoms with Crippen molar-refractivity contribution in [1.29, 1.82) is 0 Å². The molecule has 1 saturated heterocycles. The van der Waals surface area contributed by atoms with E-state index >= 15 is 0 Å². The number of hydrogen-bond donors (Lipinski definition) is 3. The van der Waals surface area contributed by atoms with Crippen LogP contribution in [0.15, 0.2) is 23.0 Å². The Morgan fingerprint density at radius 3 is 2.76 bits per heavy atom. The van der Waals surface area contributed by atoms with Crippen LogP contribution < -0.4 is 16.2 Å². The molecule has 2 aromatic rings. The van der Waals surface area contributed by atoms with Gasteiger partial charge in [0.1, 0.15) is 5.82 Å². The Labute approximate surface area is 152 Å². The van der Waals surface area contributed by atoms with E-state index in [1.54, 1.807) is 0 Å². The van der Waals surface area contributed by atoms with E-state index in [1.807, 2.05) is 30.0 Å². The lowest BCUT2D eigenvalue weighted by Crippen LogP contribution is -2.29. The van der Waals surface area contributed by atoms with Crippen molar-refractivity contribution in [2.45, 2.75) is 55.6 Å². The molecule has 25 heavy (non-hydrogen) atoms. The molecule has 4 rings (SSSR count). The van der Waals surface area contributed by atoms with Crippen molar-refractivity contribution in [1.82, 2.24) is 15.3 Å². The molecule has 0 bridgehead atoms. The third-order valence-electron chi connectivity index (χ3n) is 5.22. The van der Waals surface area contributed by atoms with Crippen LogP contribution >= 0.6 is 11.8 Å². The van der Waals surface area contributed by atoms with Gasteiger partial charge in [-0.3, -0.25) is 4.79 Å². The summed E-state index contributed by atoms with van der Waals surface area (Å²) in [7, 11) is 0. The summed E-state index contributed by atoms with van der Waals surface area (Å²) >= 11 is 1.91. The van der Waals surface area contributed by atoms with Gasteiger partial charge in [0.05, 0.1) is 16.7 Å². The Bertz CT molecular complexity index is 779. The monoisotopic (exact) mass is 358 g/mol. The van der Waals surface area contributed by atoms with Gasteiger partial charge in [-0.25, -0.2) is 4.98 Å². The van der Waals surface area contributed by atoms with Crippen LogP contribution in [0.5, 0.6) is 0 Å². The van der Waals surface area contributed by atoms with Crippen molar-refractivity contribution in [3.05, 3.63) is 34.4 Å². The largest absolute Gasteiger partial charge is 0.382 e. The summed E-state index contributed by atoms with van der Waals surface area (Å²) in [5.74, 6) is 1.56. The number of aromatic nitrogens is 2. The highest BCUT2D eigenvalue weighted by Gasteiger charge is 2.16. The molecule has 1 saturated carbocycles. The summed E-state index contributed by atoms with van der Waals surface area (Å²) < 4.78 is 0. The quantitative estimate of drug-likeness (QED) is 0.765. The molecule has 5 nitrogen and oxygen atoms in total. The molecule has 1 aliphatic carbocycles. The van der Waals surface area contributed by atoms with Gasteiger partial charge in [0.2, 0.25) is 0 Å². The highest BCUT2D eigenvalue weighted by molar-refractivity contribution is 7.99. The van der Waals surface area contributed by atoms with Crippen molar-refractivity contribution < 1.29 is 0 Å². The number of hydrogen-bond acceptors (Lipinski definition) is 5. The fraction of sp³-hybridized carbons (Fsp3) is 0.579. The van der Waals surface area contributed by atoms with Crippen LogP contribution in [0.2, 0.25) is 0 Å². The number of benzene rings is 1. The maximum atomic E-state index is 12.4. The van der Waals surface area contributed by atoms with E-state index in [4.69, 9.17) is 4.98 Å². The number of piperidine rings is 1. The van der Waals surface area contributed by atoms with E-state index in [-0.39, 0.29) is 5.56 Å². The van der Waals surface area contributed by atoms with E-state index in [0.717, 1.165) is 35.9 Å². The van der Waals surface area contributed by atoms with Crippen LogP contribution in [-0.2, 0) is 5.75 Å². The van der Waals surface area contributed by atoms with Gasteiger partial charge in [-0.15, -0.1) is 0 Å². The smallest absolute Gasteiger partial charge is 0.258 e. The number of anilines is 1. The fourth-order valence-electron chi connectivity index (χ4n) is 3.81. The Hall–Kier alpha value is -1.53. The Kier molecular flexibility index (Phi) is 5.27. The first-order valence-electron chi connectivity index (χ1n) is 9.40. The van der Waals surface area contributed by atoms with E-state index in [2.05, 4.69) is 15.6 Å². The molecule has 134 valence electrons. The van der Waals surface area contributed by atoms with E-state index < -0.39 is 0 Å². The number of fused-ring (bicyclic) bond motifs is 1. The second-order valence-electron chi connectivity index (χ2n) is 7.13. The summed E-state index contributed by atoms with van der Waals surface area (Å²) in [6.45, 7) is 2.19. The fourth-order valence-corrected chi connectivity index (χ4v) is 4.91. The summed E-state index contributed by atoms with van der Waals surface area (Å²) in [6.07, 6.45) is 7.47. The second-order valence-corrected chi connectivity index (χ2v) is 8.42. The zero-order chi connectivity index (χ0) is 17.1. The summed E-state index contributed by atoms with van der Waals surface area (Å²) in [5, 5.41) is 8.32. The van der Waals surface area contributed by atoms with Crippen molar-refractivity contribution in [3.8, 4) is 0 Å². The average Bonchev–Trinajstić information content (AvgIpc) is 3.14. The van der Waals surface area contributed by atoms with Crippen molar-refractivity contribution >= 4 is 28.4 Å². The molecule has 1 aliphatic heterocycles. The Morgan fingerprint density at radius 1 is 1.16 bits per heavy atom. The van der Waals surface area contributed by atoms with E-state index in [1.165, 1.54) is 38.5 Å². The first kappa shape index (κ1) is 16.9. The van der Waals surface area contributed by atoms with Crippen LogP contribution in [0.1, 0.15) is 44.3 Å². The van der Waals surface area contributed by atoms with E-state index in [9.17, 15) is 4.79 Å². The molecule has 2 heterocycles. The summed E-state index contributed by atoms with van der Waals surface area (Å²) in [4.78, 5) is 20.1. The van der Waals surface area contributed by atoms with Gasteiger partial charge in [-0.1, -0.05) is 12.8 Å². The van der Waals surface area contributed by atoms with Gasteiger partial charge >= 0.3 is 0 Å². The van der Waals surface area contributed by atoms with Gasteiger partial charge in [-0.05, 0) is 57.0 Å². The number of aromatic amines is 1. The Morgan fingerprint density at radius 2 is 1.96 bits per heavy atom. The van der Waals surface area contributed by atoms with Crippen LogP contribution in [0.3, 0.4) is 0 Å². The lowest BCUT2D eigenvalue weighted by Gasteiger charge is -2.21. The minimum absolute atomic E-state index is 0.0293. The predicted octanol–water partition coefficient (Wildman–Crippen LogP) is 3.26. The van der Waals surface area contributed by atoms with Crippen molar-refractivity contribution in [2.24, 2.45) is 0 Å². The average molecular weight is 359 g/mol. The minimum atomic E-state index is -0.0293. The molecule has 0 spiro atoms. The lowest BCUT2D eigenvalue weighted by atomic mass is 10.2. The standard InChI is InChI=1S/C19H26N4OS/c24-19-16-6-5-14(21-13-3-1-2-4-13)11-17(16)22-18(23-19)12-25-15-7-9-20-10-8-15/h5-6,11,13,15,20-21H,1-4,7-10,12H2,(H,22,23,24). The molecule has 0 radical (unpaired) electrons. The molecule has 6 heteroatoms. The number of thioether (sulfide) groups is 1. The highest BCUT2D eigenvalue weighted by atomic mass is 32.2. The molecular weight excluding hydrogens is 332 g/mol. The molecule has 1 aromatic heterocycles. The number of nitrogens with zero attached hydrogens (tertiary/aromatic N) is 1. The number of nitrogens with one attached hydrogen (secondary N) is 3. The van der Waals surface area contributed by atoms with Crippen LogP contribution in [0, 0.1) is 0 Å². The molecule has 1 aromatic carbocycles. The first-order valence-corrected chi connectivity index (χ1v) is 10.4. The van der Waals surface area contributed by atoms with Gasteiger partial charge in [0, 0.05) is 17.0 Å². The summed E-state index contributed by atoms with van der Waals surface area (Å²) in [6, 6.07) is 6.49. The van der Waals surface area contributed by atoms with Crippen LogP contribution in [0.4, 0.5) is 5.69 Å². The molecular formula is C19H26N4OS. The van der Waals surface area contributed by atoms with Crippen molar-refractivity contribution in [2.75, 3.05) is 18.4 Å². The molecule has 0 amide bonds. The third-order valence-corrected chi connectivity index (χ3v) is 6.61. The maximum absolute atomic E-state index is 12.4. The zero-order valence-corrected chi connectivity index (χ0v) is 15.3. The van der Waals surface area contributed by atoms with Crippen LogP contribution in [0.25, 0.3) is 10.9 Å². The topological polar surface area (TPSA) is 69.8 Å². The number of rotatable bonds is 5. The lowest BCUT2D eigenvalue weighted by molar-refractivity contribution is 0.531. The van der Waals surface area contributed by atoms with Gasteiger partial charge in [0.25, 0.3) is 5.56 Å². The van der Waals surface area contributed by atoms with Gasteiger partial charge in [0.15, 0.2) is 0 Å².